The Bertz CT molecular complexity index is 470. The molecule has 5 nitrogen and oxygen atoms in total. The SMILES string of the molecule is CCOCc1ccccc1NC(=O)NC1(CO)CCCC1. The smallest absolute Gasteiger partial charge is 0.319 e. The Morgan fingerprint density at radius 3 is 2.71 bits per heavy atom. The minimum Gasteiger partial charge on any atom is -0.394 e. The number of benzene rings is 1. The van der Waals surface area contributed by atoms with Crippen LogP contribution in [0.25, 0.3) is 0 Å². The fourth-order valence-corrected chi connectivity index (χ4v) is 2.75. The number of urea groups is 1. The van der Waals surface area contributed by atoms with E-state index in [9.17, 15) is 9.90 Å². The summed E-state index contributed by atoms with van der Waals surface area (Å²) >= 11 is 0. The number of amides is 2. The van der Waals surface area contributed by atoms with Crippen molar-refractivity contribution in [1.29, 1.82) is 0 Å². The highest BCUT2D eigenvalue weighted by Gasteiger charge is 2.34. The number of aliphatic hydroxyl groups excluding tert-OH is 1. The molecule has 3 N–H and O–H groups in total. The van der Waals surface area contributed by atoms with Gasteiger partial charge in [-0.25, -0.2) is 4.79 Å². The maximum absolute atomic E-state index is 12.2. The average Bonchev–Trinajstić information content (AvgIpc) is 2.95. The Balaban J connectivity index is 1.99. The standard InChI is InChI=1S/C16H24N2O3/c1-2-21-11-13-7-3-4-8-14(13)17-15(20)18-16(12-19)9-5-6-10-16/h3-4,7-8,19H,2,5-6,9-12H2,1H3,(H2,17,18,20). The molecule has 1 aromatic carbocycles. The Hall–Kier alpha value is -1.59. The second kappa shape index (κ2) is 7.43. The molecule has 0 bridgehead atoms. The van der Waals surface area contributed by atoms with Gasteiger partial charge in [0.15, 0.2) is 0 Å². The zero-order valence-electron chi connectivity index (χ0n) is 12.5. The van der Waals surface area contributed by atoms with E-state index in [0.29, 0.717) is 13.2 Å². The highest BCUT2D eigenvalue weighted by atomic mass is 16.5. The Labute approximate surface area is 125 Å². The van der Waals surface area contributed by atoms with E-state index < -0.39 is 5.54 Å². The number of ether oxygens (including phenoxy) is 1. The van der Waals surface area contributed by atoms with E-state index >= 15 is 0 Å². The zero-order chi connectivity index (χ0) is 15.1. The van der Waals surface area contributed by atoms with E-state index in [2.05, 4.69) is 10.6 Å². The normalized spacial score (nSPS) is 16.7. The first kappa shape index (κ1) is 15.8. The second-order valence-corrected chi connectivity index (χ2v) is 5.52. The van der Waals surface area contributed by atoms with E-state index in [4.69, 9.17) is 4.74 Å². The molecule has 1 aromatic rings. The first-order valence-electron chi connectivity index (χ1n) is 7.55. The number of hydrogen-bond donors (Lipinski definition) is 3. The van der Waals surface area contributed by atoms with Gasteiger partial charge in [-0.2, -0.15) is 0 Å². The molecule has 1 fully saturated rings. The van der Waals surface area contributed by atoms with Gasteiger partial charge in [0.2, 0.25) is 0 Å². The van der Waals surface area contributed by atoms with E-state index in [0.717, 1.165) is 36.9 Å². The molecule has 1 aliphatic carbocycles. The number of rotatable bonds is 6. The van der Waals surface area contributed by atoms with Crippen LogP contribution in [0.2, 0.25) is 0 Å². The van der Waals surface area contributed by atoms with Crippen LogP contribution in [0.3, 0.4) is 0 Å². The summed E-state index contributed by atoms with van der Waals surface area (Å²) in [5, 5.41) is 15.3. The maximum atomic E-state index is 12.2. The predicted molar refractivity (Wildman–Crippen MR) is 82.2 cm³/mol. The van der Waals surface area contributed by atoms with Crippen molar-refractivity contribution in [3.63, 3.8) is 0 Å². The van der Waals surface area contributed by atoms with Gasteiger partial charge in [0, 0.05) is 17.9 Å². The number of para-hydroxylation sites is 1. The van der Waals surface area contributed by atoms with Gasteiger partial charge in [0.1, 0.15) is 0 Å². The fourth-order valence-electron chi connectivity index (χ4n) is 2.75. The van der Waals surface area contributed by atoms with Crippen molar-refractivity contribution >= 4 is 11.7 Å². The monoisotopic (exact) mass is 292 g/mol. The van der Waals surface area contributed by atoms with Crippen LogP contribution in [0.15, 0.2) is 24.3 Å². The number of carbonyl (C=O) groups is 1. The number of hydrogen-bond acceptors (Lipinski definition) is 3. The summed E-state index contributed by atoms with van der Waals surface area (Å²) in [6.07, 6.45) is 3.75. The van der Waals surface area contributed by atoms with Crippen LogP contribution in [-0.2, 0) is 11.3 Å². The van der Waals surface area contributed by atoms with Crippen molar-refractivity contribution in [2.24, 2.45) is 0 Å². The summed E-state index contributed by atoms with van der Waals surface area (Å²) in [5.41, 5.74) is 1.23. The van der Waals surface area contributed by atoms with Crippen molar-refractivity contribution in [2.45, 2.75) is 44.8 Å². The van der Waals surface area contributed by atoms with Crippen molar-refractivity contribution in [3.05, 3.63) is 29.8 Å². The first-order valence-corrected chi connectivity index (χ1v) is 7.55. The van der Waals surface area contributed by atoms with E-state index in [1.165, 1.54) is 0 Å². The molecule has 1 saturated carbocycles. The summed E-state index contributed by atoms with van der Waals surface area (Å²) in [5.74, 6) is 0. The molecule has 2 amide bonds. The topological polar surface area (TPSA) is 70.6 Å². The lowest BCUT2D eigenvalue weighted by Gasteiger charge is -2.28. The Morgan fingerprint density at radius 2 is 2.05 bits per heavy atom. The van der Waals surface area contributed by atoms with Crippen molar-refractivity contribution in [1.82, 2.24) is 5.32 Å². The summed E-state index contributed by atoms with van der Waals surface area (Å²) in [6.45, 7) is 3.03. The van der Waals surface area contributed by atoms with Gasteiger partial charge in [-0.1, -0.05) is 31.0 Å². The molecular formula is C16H24N2O3. The summed E-state index contributed by atoms with van der Waals surface area (Å²) in [4.78, 5) is 12.2. The van der Waals surface area contributed by atoms with Crippen LogP contribution in [0, 0.1) is 0 Å². The third kappa shape index (κ3) is 4.19. The molecule has 1 aliphatic rings. The fraction of sp³-hybridized carbons (Fsp3) is 0.562. The van der Waals surface area contributed by atoms with Crippen LogP contribution < -0.4 is 10.6 Å². The molecule has 0 aliphatic heterocycles. The highest BCUT2D eigenvalue weighted by molar-refractivity contribution is 5.90. The number of anilines is 1. The molecule has 0 spiro atoms. The van der Waals surface area contributed by atoms with Crippen molar-refractivity contribution < 1.29 is 14.6 Å². The molecule has 116 valence electrons. The van der Waals surface area contributed by atoms with Gasteiger partial charge in [-0.3, -0.25) is 0 Å². The van der Waals surface area contributed by atoms with Crippen molar-refractivity contribution in [3.8, 4) is 0 Å². The van der Waals surface area contributed by atoms with Gasteiger partial charge in [0.05, 0.1) is 18.8 Å². The van der Waals surface area contributed by atoms with Gasteiger partial charge >= 0.3 is 6.03 Å². The van der Waals surface area contributed by atoms with Crippen LogP contribution in [-0.4, -0.2) is 29.9 Å². The molecule has 21 heavy (non-hydrogen) atoms. The third-order valence-electron chi connectivity index (χ3n) is 3.97. The highest BCUT2D eigenvalue weighted by Crippen LogP contribution is 2.29. The number of nitrogens with one attached hydrogen (secondary N) is 2. The average molecular weight is 292 g/mol. The summed E-state index contributed by atoms with van der Waals surface area (Å²) in [7, 11) is 0. The molecular weight excluding hydrogens is 268 g/mol. The summed E-state index contributed by atoms with van der Waals surface area (Å²) in [6, 6.07) is 7.32. The lowest BCUT2D eigenvalue weighted by atomic mass is 9.99. The van der Waals surface area contributed by atoms with Gasteiger partial charge < -0.3 is 20.5 Å². The Morgan fingerprint density at radius 1 is 1.33 bits per heavy atom. The van der Waals surface area contributed by atoms with Crippen LogP contribution in [0.5, 0.6) is 0 Å². The maximum Gasteiger partial charge on any atom is 0.319 e. The minimum absolute atomic E-state index is 0.0129. The molecule has 0 saturated heterocycles. The molecule has 2 rings (SSSR count). The summed E-state index contributed by atoms with van der Waals surface area (Å²) < 4.78 is 5.40. The minimum atomic E-state index is -0.459. The Kier molecular flexibility index (Phi) is 5.59. The quantitative estimate of drug-likeness (QED) is 0.755. The molecule has 0 unspecified atom stereocenters. The molecule has 0 radical (unpaired) electrons. The van der Waals surface area contributed by atoms with Crippen LogP contribution >= 0.6 is 0 Å². The number of carbonyl (C=O) groups excluding carboxylic acids is 1. The van der Waals surface area contributed by atoms with E-state index in [1.54, 1.807) is 0 Å². The first-order chi connectivity index (χ1) is 10.2. The van der Waals surface area contributed by atoms with Crippen molar-refractivity contribution in [2.75, 3.05) is 18.5 Å². The second-order valence-electron chi connectivity index (χ2n) is 5.52. The predicted octanol–water partition coefficient (Wildman–Crippen LogP) is 2.65. The number of aliphatic hydroxyl groups is 1. The van der Waals surface area contributed by atoms with E-state index in [1.807, 2.05) is 31.2 Å². The lowest BCUT2D eigenvalue weighted by Crippen LogP contribution is -2.50. The largest absolute Gasteiger partial charge is 0.394 e. The van der Waals surface area contributed by atoms with Gasteiger partial charge in [-0.15, -0.1) is 0 Å². The van der Waals surface area contributed by atoms with E-state index in [-0.39, 0.29) is 12.6 Å². The molecule has 0 atom stereocenters. The lowest BCUT2D eigenvalue weighted by molar-refractivity contribution is 0.134. The zero-order valence-corrected chi connectivity index (χ0v) is 12.5. The van der Waals surface area contributed by atoms with Crippen LogP contribution in [0.1, 0.15) is 38.2 Å². The van der Waals surface area contributed by atoms with Crippen LogP contribution in [0.4, 0.5) is 10.5 Å². The molecule has 0 aromatic heterocycles. The molecule has 5 heteroatoms. The van der Waals surface area contributed by atoms with Gasteiger partial charge in [-0.05, 0) is 25.8 Å². The molecule has 0 heterocycles. The third-order valence-corrected chi connectivity index (χ3v) is 3.97. The van der Waals surface area contributed by atoms with Gasteiger partial charge in [0.25, 0.3) is 0 Å².